The molecule has 1 atom stereocenters. The van der Waals surface area contributed by atoms with Gasteiger partial charge in [-0.3, -0.25) is 4.79 Å². The molecule has 0 aromatic heterocycles. The summed E-state index contributed by atoms with van der Waals surface area (Å²) in [7, 11) is 0. The van der Waals surface area contributed by atoms with E-state index >= 15 is 0 Å². The SMILES string of the molecule is CC(Oc1cccc(F)c1C(=O)O)C(N)=O. The van der Waals surface area contributed by atoms with E-state index in [1.807, 2.05) is 0 Å². The third-order valence-corrected chi connectivity index (χ3v) is 1.89. The molecular formula is C10H10FNO4. The van der Waals surface area contributed by atoms with E-state index in [1.165, 1.54) is 19.1 Å². The summed E-state index contributed by atoms with van der Waals surface area (Å²) in [5.41, 5.74) is 4.33. The zero-order valence-electron chi connectivity index (χ0n) is 8.44. The molecule has 0 aliphatic carbocycles. The smallest absolute Gasteiger partial charge is 0.342 e. The van der Waals surface area contributed by atoms with Crippen molar-refractivity contribution < 1.29 is 23.8 Å². The fourth-order valence-corrected chi connectivity index (χ4v) is 1.06. The average Bonchev–Trinajstić information content (AvgIpc) is 2.16. The highest BCUT2D eigenvalue weighted by molar-refractivity contribution is 5.91. The summed E-state index contributed by atoms with van der Waals surface area (Å²) in [6, 6.07) is 3.53. The van der Waals surface area contributed by atoms with Crippen molar-refractivity contribution in [2.24, 2.45) is 5.73 Å². The van der Waals surface area contributed by atoms with Gasteiger partial charge in [0.15, 0.2) is 6.10 Å². The van der Waals surface area contributed by atoms with E-state index in [9.17, 15) is 14.0 Å². The highest BCUT2D eigenvalue weighted by Gasteiger charge is 2.20. The van der Waals surface area contributed by atoms with Crippen LogP contribution >= 0.6 is 0 Å². The lowest BCUT2D eigenvalue weighted by atomic mass is 10.2. The Morgan fingerprint density at radius 1 is 1.50 bits per heavy atom. The van der Waals surface area contributed by atoms with Gasteiger partial charge in [-0.05, 0) is 19.1 Å². The number of nitrogens with two attached hydrogens (primary N) is 1. The minimum atomic E-state index is -1.47. The van der Waals surface area contributed by atoms with Crippen LogP contribution in [-0.4, -0.2) is 23.1 Å². The number of carbonyl (C=O) groups is 2. The molecule has 0 aliphatic heterocycles. The van der Waals surface area contributed by atoms with Crippen molar-refractivity contribution in [3.8, 4) is 5.75 Å². The second-order valence-corrected chi connectivity index (χ2v) is 3.08. The lowest BCUT2D eigenvalue weighted by molar-refractivity contribution is -0.124. The molecule has 3 N–H and O–H groups in total. The van der Waals surface area contributed by atoms with Crippen LogP contribution in [0.2, 0.25) is 0 Å². The Kier molecular flexibility index (Phi) is 3.44. The monoisotopic (exact) mass is 227 g/mol. The van der Waals surface area contributed by atoms with Crippen LogP contribution in [0.4, 0.5) is 4.39 Å². The van der Waals surface area contributed by atoms with Gasteiger partial charge in [0.05, 0.1) is 0 Å². The molecule has 0 heterocycles. The molecule has 1 unspecified atom stereocenters. The van der Waals surface area contributed by atoms with Crippen molar-refractivity contribution in [3.05, 3.63) is 29.6 Å². The zero-order chi connectivity index (χ0) is 12.3. The third kappa shape index (κ3) is 2.47. The summed E-state index contributed by atoms with van der Waals surface area (Å²) in [4.78, 5) is 21.5. The minimum Gasteiger partial charge on any atom is -0.480 e. The second-order valence-electron chi connectivity index (χ2n) is 3.08. The van der Waals surface area contributed by atoms with Gasteiger partial charge in [-0.1, -0.05) is 6.07 Å². The number of primary amides is 1. The van der Waals surface area contributed by atoms with Gasteiger partial charge in [0.25, 0.3) is 5.91 Å². The predicted molar refractivity (Wildman–Crippen MR) is 52.6 cm³/mol. The molecule has 1 aromatic carbocycles. The number of hydrogen-bond donors (Lipinski definition) is 2. The van der Waals surface area contributed by atoms with Gasteiger partial charge in [0.1, 0.15) is 17.1 Å². The van der Waals surface area contributed by atoms with Crippen LogP contribution in [0.25, 0.3) is 0 Å². The van der Waals surface area contributed by atoms with Gasteiger partial charge < -0.3 is 15.6 Å². The first kappa shape index (κ1) is 12.0. The number of carbonyl (C=O) groups excluding carboxylic acids is 1. The molecule has 0 saturated heterocycles. The van der Waals surface area contributed by atoms with Crippen LogP contribution in [0, 0.1) is 5.82 Å². The summed E-state index contributed by atoms with van der Waals surface area (Å²) >= 11 is 0. The fraction of sp³-hybridized carbons (Fsp3) is 0.200. The summed E-state index contributed by atoms with van der Waals surface area (Å²) in [6.45, 7) is 1.35. The van der Waals surface area contributed by atoms with Crippen LogP contribution < -0.4 is 10.5 Å². The third-order valence-electron chi connectivity index (χ3n) is 1.89. The minimum absolute atomic E-state index is 0.223. The summed E-state index contributed by atoms with van der Waals surface area (Å²) in [5.74, 6) is -3.38. The van der Waals surface area contributed by atoms with Crippen molar-refractivity contribution in [1.29, 1.82) is 0 Å². The van der Waals surface area contributed by atoms with Gasteiger partial charge in [0.2, 0.25) is 0 Å². The molecule has 0 saturated carbocycles. The number of carboxylic acid groups (broad SMARTS) is 1. The van der Waals surface area contributed by atoms with E-state index in [2.05, 4.69) is 0 Å². The molecule has 6 heteroatoms. The predicted octanol–water partition coefficient (Wildman–Crippen LogP) is 0.777. The van der Waals surface area contributed by atoms with E-state index in [0.29, 0.717) is 0 Å². The highest BCUT2D eigenvalue weighted by atomic mass is 19.1. The maximum Gasteiger partial charge on any atom is 0.342 e. The Labute approximate surface area is 90.6 Å². The Balaban J connectivity index is 3.09. The van der Waals surface area contributed by atoms with E-state index in [0.717, 1.165) is 6.07 Å². The number of aromatic carboxylic acids is 1. The number of hydrogen-bond acceptors (Lipinski definition) is 3. The molecule has 0 aliphatic rings. The Morgan fingerprint density at radius 3 is 2.62 bits per heavy atom. The number of halogens is 1. The Morgan fingerprint density at radius 2 is 2.12 bits per heavy atom. The fourth-order valence-electron chi connectivity index (χ4n) is 1.06. The maximum absolute atomic E-state index is 13.2. The standard InChI is InChI=1S/C10H10FNO4/c1-5(9(12)13)16-7-4-2-3-6(11)8(7)10(14)15/h2-5H,1H3,(H2,12,13)(H,14,15). The first-order chi connectivity index (χ1) is 7.43. The molecule has 1 amide bonds. The van der Waals surface area contributed by atoms with E-state index in [4.69, 9.17) is 15.6 Å². The summed E-state index contributed by atoms with van der Waals surface area (Å²) in [6.07, 6.45) is -1.03. The molecule has 1 aromatic rings. The number of carboxylic acids is 1. The quantitative estimate of drug-likeness (QED) is 0.795. The van der Waals surface area contributed by atoms with Crippen LogP contribution in [0.3, 0.4) is 0 Å². The zero-order valence-corrected chi connectivity index (χ0v) is 8.44. The van der Waals surface area contributed by atoms with E-state index in [-0.39, 0.29) is 5.75 Å². The maximum atomic E-state index is 13.2. The van der Waals surface area contributed by atoms with Crippen LogP contribution in [-0.2, 0) is 4.79 Å². The Hall–Kier alpha value is -2.11. The molecule has 16 heavy (non-hydrogen) atoms. The highest BCUT2D eigenvalue weighted by Crippen LogP contribution is 2.22. The molecule has 86 valence electrons. The van der Waals surface area contributed by atoms with E-state index in [1.54, 1.807) is 0 Å². The van der Waals surface area contributed by atoms with Gasteiger partial charge >= 0.3 is 5.97 Å². The molecule has 0 fully saturated rings. The first-order valence-electron chi connectivity index (χ1n) is 4.41. The number of benzene rings is 1. The van der Waals surface area contributed by atoms with Crippen molar-refractivity contribution in [2.45, 2.75) is 13.0 Å². The van der Waals surface area contributed by atoms with Crippen LogP contribution in [0.1, 0.15) is 17.3 Å². The van der Waals surface area contributed by atoms with Crippen LogP contribution in [0.5, 0.6) is 5.75 Å². The lowest BCUT2D eigenvalue weighted by Gasteiger charge is -2.13. The first-order valence-corrected chi connectivity index (χ1v) is 4.41. The van der Waals surface area contributed by atoms with Gasteiger partial charge in [-0.2, -0.15) is 0 Å². The van der Waals surface area contributed by atoms with Crippen molar-refractivity contribution in [3.63, 3.8) is 0 Å². The largest absolute Gasteiger partial charge is 0.480 e. The molecule has 0 spiro atoms. The molecule has 0 radical (unpaired) electrons. The van der Waals surface area contributed by atoms with Gasteiger partial charge in [0, 0.05) is 0 Å². The second kappa shape index (κ2) is 4.61. The molecule has 0 bridgehead atoms. The topological polar surface area (TPSA) is 89.6 Å². The van der Waals surface area contributed by atoms with Gasteiger partial charge in [-0.15, -0.1) is 0 Å². The normalized spacial score (nSPS) is 11.9. The van der Waals surface area contributed by atoms with Crippen LogP contribution in [0.15, 0.2) is 18.2 Å². The number of amides is 1. The van der Waals surface area contributed by atoms with Gasteiger partial charge in [-0.25, -0.2) is 9.18 Å². The Bertz CT molecular complexity index is 433. The lowest BCUT2D eigenvalue weighted by Crippen LogP contribution is -2.31. The number of rotatable bonds is 4. The average molecular weight is 227 g/mol. The molecule has 5 nitrogen and oxygen atoms in total. The van der Waals surface area contributed by atoms with Crippen molar-refractivity contribution >= 4 is 11.9 Å². The summed E-state index contributed by atoms with van der Waals surface area (Å²) in [5, 5.41) is 8.76. The molecule has 1 rings (SSSR count). The van der Waals surface area contributed by atoms with Crippen molar-refractivity contribution in [1.82, 2.24) is 0 Å². The van der Waals surface area contributed by atoms with E-state index < -0.39 is 29.4 Å². The summed E-state index contributed by atoms with van der Waals surface area (Å²) < 4.78 is 18.1. The molecular weight excluding hydrogens is 217 g/mol. The van der Waals surface area contributed by atoms with Crippen molar-refractivity contribution in [2.75, 3.05) is 0 Å². The number of ether oxygens (including phenoxy) is 1.